The van der Waals surface area contributed by atoms with Crippen molar-refractivity contribution in [3.05, 3.63) is 29.3 Å². The fourth-order valence-corrected chi connectivity index (χ4v) is 4.21. The molecule has 0 heterocycles. The Bertz CT molecular complexity index is 752. The number of rotatable bonds is 13. The molecule has 2 rings (SSSR count). The van der Waals surface area contributed by atoms with Crippen molar-refractivity contribution in [3.8, 4) is 0 Å². The molecule has 0 aliphatic heterocycles. The molecule has 1 aliphatic carbocycles. The summed E-state index contributed by atoms with van der Waals surface area (Å²) in [7, 11) is 0. The van der Waals surface area contributed by atoms with E-state index >= 15 is 0 Å². The van der Waals surface area contributed by atoms with Crippen LogP contribution in [0.5, 0.6) is 0 Å². The molecule has 5 heteroatoms. The van der Waals surface area contributed by atoms with E-state index in [1.165, 1.54) is 24.8 Å². The smallest absolute Gasteiger partial charge is 0.224 e. The van der Waals surface area contributed by atoms with Crippen molar-refractivity contribution < 1.29 is 4.79 Å². The van der Waals surface area contributed by atoms with Crippen molar-refractivity contribution in [3.63, 3.8) is 0 Å². The van der Waals surface area contributed by atoms with Gasteiger partial charge in [-0.3, -0.25) is 4.79 Å². The zero-order valence-electron chi connectivity index (χ0n) is 20.3. The molecule has 1 fully saturated rings. The average molecular weight is 427 g/mol. The van der Waals surface area contributed by atoms with Crippen LogP contribution in [-0.2, 0) is 4.79 Å². The summed E-state index contributed by atoms with van der Waals surface area (Å²) in [4.78, 5) is 15.3. The Labute approximate surface area is 189 Å². The highest BCUT2D eigenvalue weighted by molar-refractivity contribution is 5.91. The van der Waals surface area contributed by atoms with E-state index in [0.717, 1.165) is 49.3 Å². The molecule has 1 atom stereocenters. The monoisotopic (exact) mass is 426 g/mol. The van der Waals surface area contributed by atoms with Gasteiger partial charge >= 0.3 is 0 Å². The molecule has 0 bridgehead atoms. The normalized spacial score (nSPS) is 15.1. The predicted octanol–water partition coefficient (Wildman–Crippen LogP) is 6.35. The third-order valence-corrected chi connectivity index (χ3v) is 5.97. The highest BCUT2D eigenvalue weighted by Gasteiger charge is 2.33. The summed E-state index contributed by atoms with van der Waals surface area (Å²) >= 11 is 0. The largest absolute Gasteiger partial charge is 0.355 e. The van der Waals surface area contributed by atoms with Gasteiger partial charge in [0.05, 0.1) is 0 Å². The first-order valence-corrected chi connectivity index (χ1v) is 12.0. The topological polar surface area (TPSA) is 57.1 Å². The molecule has 172 valence electrons. The lowest BCUT2D eigenvalue weighted by atomic mass is 9.97. The van der Waals surface area contributed by atoms with Gasteiger partial charge in [-0.2, -0.15) is 5.10 Å². The molecule has 1 aliphatic rings. The van der Waals surface area contributed by atoms with E-state index in [1.54, 1.807) is 0 Å². The molecule has 0 spiro atoms. The second kappa shape index (κ2) is 12.6. The first-order chi connectivity index (χ1) is 14.8. The Morgan fingerprint density at radius 2 is 2.00 bits per heavy atom. The summed E-state index contributed by atoms with van der Waals surface area (Å²) in [6.07, 6.45) is 8.27. The average Bonchev–Trinajstić information content (AvgIpc) is 3.52. The summed E-state index contributed by atoms with van der Waals surface area (Å²) in [5.41, 5.74) is 3.23. The van der Waals surface area contributed by atoms with Crippen LogP contribution in [0.3, 0.4) is 0 Å². The van der Waals surface area contributed by atoms with Crippen molar-refractivity contribution in [2.45, 2.75) is 92.0 Å². The fraction of sp³-hybridized carbons (Fsp3) is 0.654. The van der Waals surface area contributed by atoms with Crippen molar-refractivity contribution >= 4 is 24.1 Å². The number of hydrogen-bond acceptors (Lipinski definition) is 3. The third kappa shape index (κ3) is 8.84. The number of nitrogens with zero attached hydrogens (tertiary/aromatic N) is 3. The summed E-state index contributed by atoms with van der Waals surface area (Å²) in [6.45, 7) is 15.3. The van der Waals surface area contributed by atoms with E-state index in [2.05, 4.69) is 60.9 Å². The van der Waals surface area contributed by atoms with Gasteiger partial charge < -0.3 is 10.2 Å². The van der Waals surface area contributed by atoms with Crippen LogP contribution in [0.4, 0.5) is 5.69 Å². The molecule has 0 radical (unpaired) electrons. The second-order valence-electron chi connectivity index (χ2n) is 9.55. The zero-order valence-corrected chi connectivity index (χ0v) is 20.3. The summed E-state index contributed by atoms with van der Waals surface area (Å²) in [6, 6.07) is 6.70. The first-order valence-electron chi connectivity index (χ1n) is 12.0. The Kier molecular flexibility index (Phi) is 10.2. The summed E-state index contributed by atoms with van der Waals surface area (Å²) in [5.74, 6) is 2.14. The number of nitrogens with one attached hydrogen (secondary N) is 1. The molecule has 1 N–H and O–H groups in total. The maximum atomic E-state index is 12.9. The van der Waals surface area contributed by atoms with Gasteiger partial charge in [0.1, 0.15) is 5.84 Å². The maximum Gasteiger partial charge on any atom is 0.224 e. The number of hydrogen-bond donors (Lipinski definition) is 1. The van der Waals surface area contributed by atoms with Crippen LogP contribution in [0, 0.1) is 25.7 Å². The molecule has 1 amide bonds. The first kappa shape index (κ1) is 25.1. The lowest BCUT2D eigenvalue weighted by molar-refractivity contribution is -0.117. The molecule has 1 unspecified atom stereocenters. The SMILES string of the molecule is C=N/N=C(/CCCC(C)C)N(CC(CCC)CC(=O)Nc1ccc(C)cc1C)C1CC1. The highest BCUT2D eigenvalue weighted by Crippen LogP contribution is 2.31. The number of carbonyl (C=O) groups excluding carboxylic acids is 1. The van der Waals surface area contributed by atoms with Gasteiger partial charge in [-0.1, -0.05) is 51.3 Å². The van der Waals surface area contributed by atoms with Gasteiger partial charge in [-0.25, -0.2) is 0 Å². The minimum atomic E-state index is 0.0984. The summed E-state index contributed by atoms with van der Waals surface area (Å²) in [5, 5.41) is 11.4. The molecular weight excluding hydrogens is 384 g/mol. The summed E-state index contributed by atoms with van der Waals surface area (Å²) < 4.78 is 0. The Hall–Kier alpha value is -2.17. The van der Waals surface area contributed by atoms with Gasteiger partial charge in [0, 0.05) is 37.8 Å². The Morgan fingerprint density at radius 3 is 2.58 bits per heavy atom. The number of carbonyl (C=O) groups is 1. The Balaban J connectivity index is 2.04. The number of anilines is 1. The minimum absolute atomic E-state index is 0.0984. The minimum Gasteiger partial charge on any atom is -0.355 e. The molecule has 5 nitrogen and oxygen atoms in total. The van der Waals surface area contributed by atoms with Crippen molar-refractivity contribution in [2.24, 2.45) is 22.0 Å². The molecule has 0 aromatic heterocycles. The van der Waals surface area contributed by atoms with Gasteiger partial charge in [-0.05, 0) is 63.0 Å². The van der Waals surface area contributed by atoms with Gasteiger partial charge in [-0.15, -0.1) is 5.10 Å². The number of amides is 1. The van der Waals surface area contributed by atoms with Crippen LogP contribution < -0.4 is 5.32 Å². The molecule has 0 saturated heterocycles. The fourth-order valence-electron chi connectivity index (χ4n) is 4.21. The zero-order chi connectivity index (χ0) is 22.8. The predicted molar refractivity (Wildman–Crippen MR) is 133 cm³/mol. The second-order valence-corrected chi connectivity index (χ2v) is 9.55. The number of benzene rings is 1. The van der Waals surface area contributed by atoms with Crippen LogP contribution in [-0.4, -0.2) is 35.9 Å². The molecule has 1 aromatic carbocycles. The van der Waals surface area contributed by atoms with E-state index in [9.17, 15) is 4.79 Å². The van der Waals surface area contributed by atoms with E-state index in [-0.39, 0.29) is 5.91 Å². The Morgan fingerprint density at radius 1 is 1.26 bits per heavy atom. The molecule has 31 heavy (non-hydrogen) atoms. The van der Waals surface area contributed by atoms with E-state index in [4.69, 9.17) is 0 Å². The quantitative estimate of drug-likeness (QED) is 0.227. The van der Waals surface area contributed by atoms with Gasteiger partial charge in [0.15, 0.2) is 0 Å². The van der Waals surface area contributed by atoms with Crippen LogP contribution in [0.1, 0.15) is 83.3 Å². The van der Waals surface area contributed by atoms with Crippen LogP contribution in [0.2, 0.25) is 0 Å². The standard InChI is InChI=1S/C26H42N4O/c1-7-9-22(17-26(31)28-24-15-12-20(4)16-21(24)5)18-30(23-13-14-23)25(29-27-6)11-8-10-19(2)3/h12,15-16,19,22-23H,6-11,13-14,17-18H2,1-5H3,(H,28,31)/b29-25-. The van der Waals surface area contributed by atoms with E-state index in [1.807, 2.05) is 19.1 Å². The van der Waals surface area contributed by atoms with Crippen molar-refractivity contribution in [1.82, 2.24) is 4.90 Å². The van der Waals surface area contributed by atoms with Crippen molar-refractivity contribution in [2.75, 3.05) is 11.9 Å². The number of aryl methyl sites for hydroxylation is 2. The van der Waals surface area contributed by atoms with E-state index < -0.39 is 0 Å². The number of amidine groups is 1. The van der Waals surface area contributed by atoms with Gasteiger partial charge in [0.2, 0.25) is 5.91 Å². The molecular formula is C26H42N4O. The van der Waals surface area contributed by atoms with E-state index in [0.29, 0.717) is 24.3 Å². The van der Waals surface area contributed by atoms with Crippen LogP contribution in [0.15, 0.2) is 28.4 Å². The molecule has 1 saturated carbocycles. The third-order valence-electron chi connectivity index (χ3n) is 5.97. The lowest BCUT2D eigenvalue weighted by Gasteiger charge is -2.30. The maximum absolute atomic E-state index is 12.9. The van der Waals surface area contributed by atoms with Gasteiger partial charge in [0.25, 0.3) is 0 Å². The molecule has 1 aromatic rings. The van der Waals surface area contributed by atoms with Crippen LogP contribution in [0.25, 0.3) is 0 Å². The van der Waals surface area contributed by atoms with Crippen LogP contribution >= 0.6 is 0 Å². The highest BCUT2D eigenvalue weighted by atomic mass is 16.1. The lowest BCUT2D eigenvalue weighted by Crippen LogP contribution is -2.38. The van der Waals surface area contributed by atoms with Crippen molar-refractivity contribution in [1.29, 1.82) is 0 Å².